The van der Waals surface area contributed by atoms with Crippen LogP contribution in [0.2, 0.25) is 0 Å². The number of benzene rings is 1. The molecule has 1 saturated carbocycles. The Balaban J connectivity index is 1.12. The molecule has 0 unspecified atom stereocenters. The number of imidazole rings is 1. The molecule has 1 saturated heterocycles. The van der Waals surface area contributed by atoms with Gasteiger partial charge in [-0.1, -0.05) is 12.1 Å². The molecule has 1 aliphatic heterocycles. The lowest BCUT2D eigenvalue weighted by molar-refractivity contribution is -0.141. The fourth-order valence-corrected chi connectivity index (χ4v) is 5.70. The molecule has 1 aliphatic carbocycles. The summed E-state index contributed by atoms with van der Waals surface area (Å²) in [6.07, 6.45) is 14.9. The van der Waals surface area contributed by atoms with Crippen molar-refractivity contribution in [3.05, 3.63) is 78.8 Å². The first-order valence-corrected chi connectivity index (χ1v) is 13.5. The fraction of sp³-hybridized carbons (Fsp3) is 0.345. The minimum Gasteiger partial charge on any atom is -0.433 e. The maximum atomic E-state index is 11.6. The molecule has 10 nitrogen and oxygen atoms in total. The number of hydrogen-bond donors (Lipinski definition) is 0. The van der Waals surface area contributed by atoms with Gasteiger partial charge in [0, 0.05) is 59.8 Å². The van der Waals surface area contributed by atoms with Gasteiger partial charge in [0.05, 0.1) is 36.3 Å². The molecule has 0 spiro atoms. The van der Waals surface area contributed by atoms with E-state index in [1.54, 1.807) is 12.0 Å². The van der Waals surface area contributed by atoms with Gasteiger partial charge in [-0.2, -0.15) is 5.10 Å². The topological polar surface area (TPSA) is 99.7 Å². The number of piperidine rings is 1. The smallest absolute Gasteiger partial charge is 0.433 e. The first-order chi connectivity index (χ1) is 19.1. The van der Waals surface area contributed by atoms with Crippen LogP contribution >= 0.6 is 0 Å². The molecule has 39 heavy (non-hydrogen) atoms. The van der Waals surface area contributed by atoms with Crippen molar-refractivity contribution in [2.75, 3.05) is 19.7 Å². The van der Waals surface area contributed by atoms with Gasteiger partial charge in [-0.25, -0.2) is 14.8 Å². The van der Waals surface area contributed by atoms with Crippen molar-refractivity contribution in [1.29, 1.82) is 0 Å². The third kappa shape index (κ3) is 4.30. The summed E-state index contributed by atoms with van der Waals surface area (Å²) >= 11 is 0. The molecule has 4 aromatic heterocycles. The van der Waals surface area contributed by atoms with E-state index >= 15 is 0 Å². The Morgan fingerprint density at radius 1 is 1.03 bits per heavy atom. The van der Waals surface area contributed by atoms with Crippen molar-refractivity contribution in [2.45, 2.75) is 44.1 Å². The summed E-state index contributed by atoms with van der Waals surface area (Å²) in [5.41, 5.74) is 5.41. The largest absolute Gasteiger partial charge is 0.527 e. The number of hydroxylamine groups is 2. The van der Waals surface area contributed by atoms with Crippen molar-refractivity contribution in [3.8, 4) is 11.1 Å². The highest BCUT2D eigenvalue weighted by Gasteiger charge is 2.48. The lowest BCUT2D eigenvalue weighted by Crippen LogP contribution is -2.36. The number of carbonyl (C=O) groups excluding carboxylic acids is 1. The Labute approximate surface area is 225 Å². The summed E-state index contributed by atoms with van der Waals surface area (Å²) in [6.45, 7) is 3.33. The van der Waals surface area contributed by atoms with Crippen LogP contribution in [0, 0.1) is 0 Å². The van der Waals surface area contributed by atoms with E-state index in [1.165, 1.54) is 5.56 Å². The van der Waals surface area contributed by atoms with Gasteiger partial charge in [0.25, 0.3) is 0 Å². The van der Waals surface area contributed by atoms with Crippen LogP contribution in [0.15, 0.2) is 67.5 Å². The molecular formula is C29H29N7O3. The first-order valence-electron chi connectivity index (χ1n) is 13.5. The van der Waals surface area contributed by atoms with E-state index in [4.69, 9.17) is 9.57 Å². The Bertz CT molecular complexity index is 1660. The maximum absolute atomic E-state index is 11.6. The zero-order valence-corrected chi connectivity index (χ0v) is 21.7. The third-order valence-electron chi connectivity index (χ3n) is 7.96. The van der Waals surface area contributed by atoms with Gasteiger partial charge in [0.1, 0.15) is 0 Å². The van der Waals surface area contributed by atoms with Crippen molar-refractivity contribution in [3.63, 3.8) is 0 Å². The van der Waals surface area contributed by atoms with E-state index in [2.05, 4.69) is 61.1 Å². The molecule has 0 bridgehead atoms. The van der Waals surface area contributed by atoms with E-state index in [9.17, 15) is 4.79 Å². The second kappa shape index (κ2) is 9.46. The van der Waals surface area contributed by atoms with Gasteiger partial charge < -0.3 is 9.57 Å². The van der Waals surface area contributed by atoms with E-state index in [0.717, 1.165) is 53.4 Å². The Morgan fingerprint density at radius 2 is 1.85 bits per heavy atom. The molecule has 7 rings (SSSR count). The maximum Gasteiger partial charge on any atom is 0.527 e. The number of rotatable bonds is 6. The van der Waals surface area contributed by atoms with Gasteiger partial charge in [0.15, 0.2) is 0 Å². The van der Waals surface area contributed by atoms with E-state index in [0.29, 0.717) is 25.5 Å². The van der Waals surface area contributed by atoms with E-state index < -0.39 is 6.16 Å². The molecule has 0 radical (unpaired) electrons. The van der Waals surface area contributed by atoms with Crippen LogP contribution in [0.5, 0.6) is 0 Å². The molecule has 198 valence electrons. The number of nitrogens with zero attached hydrogens (tertiary/aromatic N) is 7. The number of carbonyl (C=O) groups is 1. The number of aromatic nitrogens is 6. The zero-order chi connectivity index (χ0) is 26.4. The monoisotopic (exact) mass is 523 g/mol. The van der Waals surface area contributed by atoms with Crippen LogP contribution in [0.3, 0.4) is 0 Å². The quantitative estimate of drug-likeness (QED) is 0.289. The number of ether oxygens (including phenoxy) is 1. The highest BCUT2D eigenvalue weighted by Crippen LogP contribution is 2.53. The Hall–Kier alpha value is -4.31. The van der Waals surface area contributed by atoms with Gasteiger partial charge in [-0.15, -0.1) is 5.06 Å². The van der Waals surface area contributed by atoms with Crippen LogP contribution in [0.1, 0.15) is 49.9 Å². The van der Waals surface area contributed by atoms with Crippen molar-refractivity contribution >= 4 is 22.8 Å². The number of pyridine rings is 1. The standard InChI is InChI=1S/C29H29N7O3/c1-2-38-28(37)39-34-12-7-24(8-13-34)36-19-22(16-33-36)21-15-31-27-32-17-26(35(27)18-21)29(9-10-29)23-5-6-25-20(14-23)4-3-11-30-25/h3-6,11,14-19,24H,2,7-10,12-13H2,1H3. The van der Waals surface area contributed by atoms with Crippen LogP contribution in [0.25, 0.3) is 27.8 Å². The summed E-state index contributed by atoms with van der Waals surface area (Å²) in [5, 5.41) is 7.48. The van der Waals surface area contributed by atoms with Crippen LogP contribution < -0.4 is 0 Å². The second-order valence-corrected chi connectivity index (χ2v) is 10.3. The molecule has 5 aromatic rings. The van der Waals surface area contributed by atoms with E-state index in [-0.39, 0.29) is 11.5 Å². The van der Waals surface area contributed by atoms with Crippen molar-refractivity contribution < 1.29 is 14.4 Å². The normalized spacial score (nSPS) is 17.5. The van der Waals surface area contributed by atoms with Gasteiger partial charge in [0.2, 0.25) is 5.78 Å². The second-order valence-electron chi connectivity index (χ2n) is 10.3. The van der Waals surface area contributed by atoms with Gasteiger partial charge in [-0.05, 0) is 56.4 Å². The summed E-state index contributed by atoms with van der Waals surface area (Å²) < 4.78 is 9.03. The van der Waals surface area contributed by atoms with Crippen molar-refractivity contribution in [1.82, 2.24) is 34.2 Å². The summed E-state index contributed by atoms with van der Waals surface area (Å²) in [6, 6.07) is 10.9. The molecule has 0 N–H and O–H groups in total. The highest BCUT2D eigenvalue weighted by atomic mass is 16.8. The summed E-state index contributed by atoms with van der Waals surface area (Å²) in [5.74, 6) is 0.698. The third-order valence-corrected chi connectivity index (χ3v) is 7.96. The molecule has 1 aromatic carbocycles. The van der Waals surface area contributed by atoms with E-state index in [1.807, 2.05) is 35.5 Å². The molecular weight excluding hydrogens is 494 g/mol. The summed E-state index contributed by atoms with van der Waals surface area (Å²) in [4.78, 5) is 30.6. The van der Waals surface area contributed by atoms with Crippen LogP contribution in [-0.2, 0) is 15.0 Å². The predicted molar refractivity (Wildman–Crippen MR) is 144 cm³/mol. The molecule has 0 amide bonds. The first kappa shape index (κ1) is 23.8. The van der Waals surface area contributed by atoms with Gasteiger partial charge in [-0.3, -0.25) is 14.1 Å². The number of hydrogen-bond acceptors (Lipinski definition) is 8. The Morgan fingerprint density at radius 3 is 2.67 bits per heavy atom. The molecule has 2 fully saturated rings. The lowest BCUT2D eigenvalue weighted by atomic mass is 9.91. The molecule has 10 heteroatoms. The average molecular weight is 524 g/mol. The molecule has 0 atom stereocenters. The van der Waals surface area contributed by atoms with Gasteiger partial charge >= 0.3 is 6.16 Å². The zero-order valence-electron chi connectivity index (χ0n) is 21.7. The predicted octanol–water partition coefficient (Wildman–Crippen LogP) is 4.95. The molecule has 5 heterocycles. The minimum absolute atomic E-state index is 0.0620. The number of fused-ring (bicyclic) bond motifs is 2. The Kier molecular flexibility index (Phi) is 5.77. The summed E-state index contributed by atoms with van der Waals surface area (Å²) in [7, 11) is 0. The van der Waals surface area contributed by atoms with Crippen molar-refractivity contribution in [2.24, 2.45) is 0 Å². The fourth-order valence-electron chi connectivity index (χ4n) is 5.70. The van der Waals surface area contributed by atoms with Crippen LogP contribution in [0.4, 0.5) is 4.79 Å². The SMILES string of the molecule is CCOC(=O)ON1CCC(n2cc(-c3cnc4ncc(C5(c6ccc7ncccc7c6)CC5)n4c3)cn2)CC1. The highest BCUT2D eigenvalue weighted by molar-refractivity contribution is 5.79. The average Bonchev–Trinajstić information content (AvgIpc) is 3.41. The lowest BCUT2D eigenvalue weighted by Gasteiger charge is -2.30. The van der Waals surface area contributed by atoms with Crippen LogP contribution in [-0.4, -0.2) is 60.0 Å². The molecule has 2 aliphatic rings. The minimum atomic E-state index is -0.648.